The Hall–Kier alpha value is -1.00. The van der Waals surface area contributed by atoms with Gasteiger partial charge in [-0.15, -0.1) is 0 Å². The lowest BCUT2D eigenvalue weighted by Crippen LogP contribution is -2.29. The fourth-order valence-corrected chi connectivity index (χ4v) is 2.14. The van der Waals surface area contributed by atoms with Gasteiger partial charge in [-0.25, -0.2) is 9.97 Å². The Morgan fingerprint density at radius 3 is 2.94 bits per heavy atom. The Bertz CT molecular complexity index is 298. The Kier molecular flexibility index (Phi) is 4.25. The van der Waals surface area contributed by atoms with Crippen molar-refractivity contribution in [3.63, 3.8) is 0 Å². The summed E-state index contributed by atoms with van der Waals surface area (Å²) in [6.07, 6.45) is 7.64. The van der Waals surface area contributed by atoms with Crippen molar-refractivity contribution in [1.82, 2.24) is 15.3 Å². The molecule has 0 aromatic carbocycles. The van der Waals surface area contributed by atoms with E-state index in [2.05, 4.69) is 22.2 Å². The minimum atomic E-state index is 0.337. The van der Waals surface area contributed by atoms with Crippen LogP contribution < -0.4 is 5.32 Å². The highest BCUT2D eigenvalue weighted by Crippen LogP contribution is 2.27. The first-order valence-corrected chi connectivity index (χ1v) is 5.98. The van der Waals surface area contributed by atoms with Crippen LogP contribution in [0.3, 0.4) is 0 Å². The summed E-state index contributed by atoms with van der Waals surface area (Å²) >= 11 is 0. The quantitative estimate of drug-likeness (QED) is 0.819. The molecule has 1 saturated heterocycles. The molecule has 0 saturated carbocycles. The molecule has 0 bridgehead atoms. The zero-order chi connectivity index (χ0) is 11.2. The second-order valence-electron chi connectivity index (χ2n) is 4.23. The van der Waals surface area contributed by atoms with Gasteiger partial charge >= 0.3 is 0 Å². The van der Waals surface area contributed by atoms with Crippen LogP contribution in [0.25, 0.3) is 0 Å². The van der Waals surface area contributed by atoms with Gasteiger partial charge in [0, 0.05) is 36.5 Å². The number of aromatic nitrogens is 2. The lowest BCUT2D eigenvalue weighted by atomic mass is 9.94. The predicted octanol–water partition coefficient (Wildman–Crippen LogP) is 1.55. The molecular formula is C12H19N3O. The van der Waals surface area contributed by atoms with E-state index < -0.39 is 0 Å². The maximum Gasteiger partial charge on any atom is 0.115 e. The third-order valence-corrected chi connectivity index (χ3v) is 2.99. The normalized spacial score (nSPS) is 22.2. The minimum Gasteiger partial charge on any atom is -0.381 e. The molecule has 1 fully saturated rings. The van der Waals surface area contributed by atoms with Crippen LogP contribution in [-0.4, -0.2) is 29.7 Å². The summed E-state index contributed by atoms with van der Waals surface area (Å²) in [5.74, 6) is 0.553. The molecular weight excluding hydrogens is 202 g/mol. The number of ether oxygens (including phenoxy) is 1. The lowest BCUT2D eigenvalue weighted by molar-refractivity contribution is 0.176. The topological polar surface area (TPSA) is 47.0 Å². The number of nitrogens with one attached hydrogen (secondary N) is 1. The van der Waals surface area contributed by atoms with Crippen LogP contribution in [0.5, 0.6) is 0 Å². The van der Waals surface area contributed by atoms with E-state index in [1.807, 2.05) is 12.4 Å². The van der Waals surface area contributed by atoms with Crippen LogP contribution in [-0.2, 0) is 4.74 Å². The monoisotopic (exact) mass is 221 g/mol. The Morgan fingerprint density at radius 1 is 1.50 bits per heavy atom. The molecule has 2 unspecified atom stereocenters. The van der Waals surface area contributed by atoms with Crippen molar-refractivity contribution in [3.8, 4) is 0 Å². The second-order valence-corrected chi connectivity index (χ2v) is 4.23. The largest absolute Gasteiger partial charge is 0.381 e. The average Bonchev–Trinajstić information content (AvgIpc) is 2.85. The third kappa shape index (κ3) is 2.77. The summed E-state index contributed by atoms with van der Waals surface area (Å²) in [4.78, 5) is 8.19. The third-order valence-electron chi connectivity index (χ3n) is 2.99. The van der Waals surface area contributed by atoms with Crippen molar-refractivity contribution < 1.29 is 4.74 Å². The number of rotatable bonds is 5. The molecule has 2 heterocycles. The Morgan fingerprint density at radius 2 is 2.31 bits per heavy atom. The molecule has 1 aliphatic rings. The van der Waals surface area contributed by atoms with Gasteiger partial charge in [0.2, 0.25) is 0 Å². The Balaban J connectivity index is 2.07. The van der Waals surface area contributed by atoms with Gasteiger partial charge in [-0.1, -0.05) is 6.92 Å². The van der Waals surface area contributed by atoms with E-state index in [1.54, 1.807) is 6.33 Å². The zero-order valence-electron chi connectivity index (χ0n) is 9.72. The lowest BCUT2D eigenvalue weighted by Gasteiger charge is -2.23. The van der Waals surface area contributed by atoms with Crippen molar-refractivity contribution in [1.29, 1.82) is 0 Å². The van der Waals surface area contributed by atoms with Crippen molar-refractivity contribution in [2.24, 2.45) is 5.92 Å². The molecule has 1 N–H and O–H groups in total. The van der Waals surface area contributed by atoms with Crippen LogP contribution in [0.2, 0.25) is 0 Å². The van der Waals surface area contributed by atoms with E-state index in [9.17, 15) is 0 Å². The molecule has 0 amide bonds. The van der Waals surface area contributed by atoms with Crippen molar-refractivity contribution >= 4 is 0 Å². The molecule has 1 aromatic rings. The van der Waals surface area contributed by atoms with Crippen LogP contribution in [0.15, 0.2) is 18.7 Å². The molecule has 4 nitrogen and oxygen atoms in total. The first-order valence-electron chi connectivity index (χ1n) is 5.98. The smallest absolute Gasteiger partial charge is 0.115 e. The maximum absolute atomic E-state index is 5.46. The number of hydrogen-bond donors (Lipinski definition) is 1. The summed E-state index contributed by atoms with van der Waals surface area (Å²) in [6.45, 7) is 4.92. The van der Waals surface area contributed by atoms with Gasteiger partial charge in [-0.2, -0.15) is 0 Å². The maximum atomic E-state index is 5.46. The fraction of sp³-hybridized carbons (Fsp3) is 0.667. The van der Waals surface area contributed by atoms with Gasteiger partial charge in [0.25, 0.3) is 0 Å². The SMILES string of the molecule is CCCNC(c1cncnc1)C1CCOC1. The average molecular weight is 221 g/mol. The zero-order valence-corrected chi connectivity index (χ0v) is 9.72. The summed E-state index contributed by atoms with van der Waals surface area (Å²) in [5, 5.41) is 3.57. The highest BCUT2D eigenvalue weighted by atomic mass is 16.5. The molecule has 4 heteroatoms. The second kappa shape index (κ2) is 5.92. The van der Waals surface area contributed by atoms with Gasteiger partial charge < -0.3 is 10.1 Å². The molecule has 2 atom stereocenters. The molecule has 0 aliphatic carbocycles. The molecule has 1 aromatic heterocycles. The molecule has 0 spiro atoms. The Labute approximate surface area is 96.4 Å². The molecule has 1 aliphatic heterocycles. The van der Waals surface area contributed by atoms with E-state index >= 15 is 0 Å². The fourth-order valence-electron chi connectivity index (χ4n) is 2.14. The molecule has 88 valence electrons. The van der Waals surface area contributed by atoms with Crippen LogP contribution in [0.4, 0.5) is 0 Å². The van der Waals surface area contributed by atoms with Gasteiger partial charge in [-0.05, 0) is 19.4 Å². The number of hydrogen-bond acceptors (Lipinski definition) is 4. The van der Waals surface area contributed by atoms with Gasteiger partial charge in [-0.3, -0.25) is 0 Å². The highest BCUT2D eigenvalue weighted by Gasteiger charge is 2.26. The van der Waals surface area contributed by atoms with Crippen molar-refractivity contribution in [2.75, 3.05) is 19.8 Å². The van der Waals surface area contributed by atoms with Gasteiger partial charge in [0.1, 0.15) is 6.33 Å². The van der Waals surface area contributed by atoms with E-state index in [-0.39, 0.29) is 0 Å². The highest BCUT2D eigenvalue weighted by molar-refractivity contribution is 5.11. The first kappa shape index (κ1) is 11.5. The number of nitrogens with zero attached hydrogens (tertiary/aromatic N) is 2. The van der Waals surface area contributed by atoms with E-state index in [1.165, 1.54) is 5.56 Å². The summed E-state index contributed by atoms with van der Waals surface area (Å²) in [6, 6.07) is 0.337. The minimum absolute atomic E-state index is 0.337. The van der Waals surface area contributed by atoms with Gasteiger partial charge in [0.05, 0.1) is 6.61 Å². The van der Waals surface area contributed by atoms with E-state index in [0.29, 0.717) is 12.0 Å². The predicted molar refractivity (Wildman–Crippen MR) is 62.0 cm³/mol. The van der Waals surface area contributed by atoms with Gasteiger partial charge in [0.15, 0.2) is 0 Å². The molecule has 2 rings (SSSR count). The van der Waals surface area contributed by atoms with Crippen molar-refractivity contribution in [3.05, 3.63) is 24.3 Å². The van der Waals surface area contributed by atoms with Crippen LogP contribution >= 0.6 is 0 Å². The first-order chi connectivity index (χ1) is 7.92. The van der Waals surface area contributed by atoms with Crippen LogP contribution in [0, 0.1) is 5.92 Å². The molecule has 16 heavy (non-hydrogen) atoms. The van der Waals surface area contributed by atoms with Crippen LogP contribution in [0.1, 0.15) is 31.4 Å². The standard InChI is InChI=1S/C12H19N3O/c1-2-4-15-12(10-3-5-16-8-10)11-6-13-9-14-7-11/h6-7,9-10,12,15H,2-5,8H2,1H3. The summed E-state index contributed by atoms with van der Waals surface area (Å²) in [5.41, 5.74) is 1.17. The summed E-state index contributed by atoms with van der Waals surface area (Å²) < 4.78 is 5.46. The van der Waals surface area contributed by atoms with E-state index in [4.69, 9.17) is 4.74 Å². The molecule has 0 radical (unpaired) electrons. The van der Waals surface area contributed by atoms with E-state index in [0.717, 1.165) is 32.6 Å². The van der Waals surface area contributed by atoms with Crippen molar-refractivity contribution in [2.45, 2.75) is 25.8 Å². The summed E-state index contributed by atoms with van der Waals surface area (Å²) in [7, 11) is 0.